The van der Waals surface area contributed by atoms with Gasteiger partial charge in [0.2, 0.25) is 0 Å². The fourth-order valence-electron chi connectivity index (χ4n) is 2.21. The lowest BCUT2D eigenvalue weighted by molar-refractivity contribution is -0.145. The molecule has 6 heteroatoms. The number of aromatic nitrogens is 3. The Bertz CT molecular complexity index is 738. The topological polar surface area (TPSA) is 57.0 Å². The lowest BCUT2D eigenvalue weighted by Gasteiger charge is -2.08. The lowest BCUT2D eigenvalue weighted by Crippen LogP contribution is -2.10. The maximum atomic E-state index is 11.8. The van der Waals surface area contributed by atoms with Gasteiger partial charge in [-0.05, 0) is 5.56 Å². The summed E-state index contributed by atoms with van der Waals surface area (Å²) in [6, 6.07) is 10.1. The quantitative estimate of drug-likeness (QED) is 0.626. The minimum absolute atomic E-state index is 0.190. The maximum absolute atomic E-state index is 11.8. The zero-order valence-corrected chi connectivity index (χ0v) is 13.4. The molecule has 23 heavy (non-hydrogen) atoms. The van der Waals surface area contributed by atoms with E-state index in [-0.39, 0.29) is 12.6 Å². The normalized spacial score (nSPS) is 10.6. The van der Waals surface area contributed by atoms with E-state index < -0.39 is 0 Å². The van der Waals surface area contributed by atoms with Crippen molar-refractivity contribution in [2.75, 3.05) is 0 Å². The number of hydrogen-bond donors (Lipinski definition) is 0. The number of thiazole rings is 1. The number of carbonyl (C=O) groups is 1. The van der Waals surface area contributed by atoms with E-state index in [1.807, 2.05) is 34.3 Å². The van der Waals surface area contributed by atoms with E-state index >= 15 is 0 Å². The predicted molar refractivity (Wildman–Crippen MR) is 88.0 cm³/mol. The van der Waals surface area contributed by atoms with Crippen LogP contribution >= 0.6 is 11.3 Å². The number of esters is 1. The van der Waals surface area contributed by atoms with Crippen molar-refractivity contribution >= 4 is 17.3 Å². The van der Waals surface area contributed by atoms with Gasteiger partial charge in [-0.25, -0.2) is 9.97 Å². The molecule has 0 atom stereocenters. The molecule has 2 heterocycles. The summed E-state index contributed by atoms with van der Waals surface area (Å²) in [5.41, 5.74) is 3.88. The van der Waals surface area contributed by atoms with Gasteiger partial charge in [0.05, 0.1) is 17.6 Å². The van der Waals surface area contributed by atoms with Gasteiger partial charge in [-0.15, -0.1) is 11.3 Å². The second kappa shape index (κ2) is 7.69. The summed E-state index contributed by atoms with van der Waals surface area (Å²) in [5.74, 6) is 0.517. The van der Waals surface area contributed by atoms with Gasteiger partial charge in [0.15, 0.2) is 0 Å². The number of carbonyl (C=O) groups excluding carboxylic acids is 1. The Kier molecular flexibility index (Phi) is 5.16. The number of nitrogens with zero attached hydrogens (tertiary/aromatic N) is 3. The third kappa shape index (κ3) is 4.50. The van der Waals surface area contributed by atoms with E-state index in [0.717, 1.165) is 11.5 Å². The van der Waals surface area contributed by atoms with Crippen molar-refractivity contribution in [2.45, 2.75) is 26.0 Å². The highest BCUT2D eigenvalue weighted by molar-refractivity contribution is 7.07. The van der Waals surface area contributed by atoms with Crippen molar-refractivity contribution in [3.63, 3.8) is 0 Å². The summed E-state index contributed by atoms with van der Waals surface area (Å²) < 4.78 is 7.31. The van der Waals surface area contributed by atoms with Crippen LogP contribution in [0.3, 0.4) is 0 Å². The molecule has 0 bridgehead atoms. The van der Waals surface area contributed by atoms with Crippen molar-refractivity contribution in [3.05, 3.63) is 70.7 Å². The molecule has 0 saturated carbocycles. The van der Waals surface area contributed by atoms with Gasteiger partial charge in [-0.3, -0.25) is 4.79 Å². The van der Waals surface area contributed by atoms with Crippen molar-refractivity contribution in [3.8, 4) is 0 Å². The number of rotatable bonds is 7. The van der Waals surface area contributed by atoms with Gasteiger partial charge >= 0.3 is 5.97 Å². The van der Waals surface area contributed by atoms with Crippen molar-refractivity contribution in [1.29, 1.82) is 0 Å². The van der Waals surface area contributed by atoms with Crippen LogP contribution < -0.4 is 0 Å². The summed E-state index contributed by atoms with van der Waals surface area (Å²) in [5, 5.41) is 1.94. The van der Waals surface area contributed by atoms with Gasteiger partial charge in [-0.2, -0.15) is 0 Å². The highest BCUT2D eigenvalue weighted by Crippen LogP contribution is 2.08. The molecule has 0 saturated heterocycles. The molecule has 0 amide bonds. The van der Waals surface area contributed by atoms with E-state index in [1.54, 1.807) is 11.7 Å². The first-order chi connectivity index (χ1) is 11.3. The van der Waals surface area contributed by atoms with E-state index in [2.05, 4.69) is 22.1 Å². The Balaban J connectivity index is 1.50. The third-order valence-corrected chi connectivity index (χ3v) is 4.06. The molecule has 5 nitrogen and oxygen atoms in total. The molecule has 0 spiro atoms. The first-order valence-electron chi connectivity index (χ1n) is 7.38. The highest BCUT2D eigenvalue weighted by Gasteiger charge is 2.09. The van der Waals surface area contributed by atoms with Crippen molar-refractivity contribution in [2.24, 2.45) is 0 Å². The van der Waals surface area contributed by atoms with Crippen LogP contribution in [-0.2, 0) is 29.1 Å². The summed E-state index contributed by atoms with van der Waals surface area (Å²) in [6.45, 7) is 0.905. The van der Waals surface area contributed by atoms with Crippen molar-refractivity contribution < 1.29 is 9.53 Å². The number of ether oxygens (including phenoxy) is 1. The van der Waals surface area contributed by atoms with Gasteiger partial charge in [0.25, 0.3) is 0 Å². The Labute approximate surface area is 138 Å². The molecule has 1 aromatic carbocycles. The molecule has 0 aliphatic rings. The Morgan fingerprint density at radius 1 is 1.22 bits per heavy atom. The van der Waals surface area contributed by atoms with Crippen LogP contribution in [0, 0.1) is 0 Å². The molecular formula is C17H17N3O2S. The van der Waals surface area contributed by atoms with Gasteiger partial charge < -0.3 is 9.30 Å². The van der Waals surface area contributed by atoms with Crippen LogP contribution in [0.1, 0.15) is 23.5 Å². The SMILES string of the molecule is O=C(CCc1cscn1)OCc1nccn1Cc1ccccc1. The Morgan fingerprint density at radius 3 is 2.87 bits per heavy atom. The summed E-state index contributed by atoms with van der Waals surface area (Å²) in [4.78, 5) is 20.2. The fraction of sp³-hybridized carbons (Fsp3) is 0.235. The standard InChI is InChI=1S/C17H17N3O2S/c21-17(7-6-15-12-23-13-19-15)22-11-16-18-8-9-20(16)10-14-4-2-1-3-5-14/h1-5,8-9,12-13H,6-7,10-11H2. The third-order valence-electron chi connectivity index (χ3n) is 3.43. The Morgan fingerprint density at radius 2 is 2.09 bits per heavy atom. The Hall–Kier alpha value is -2.47. The average molecular weight is 327 g/mol. The largest absolute Gasteiger partial charge is 0.457 e. The highest BCUT2D eigenvalue weighted by atomic mass is 32.1. The number of hydrogen-bond acceptors (Lipinski definition) is 5. The lowest BCUT2D eigenvalue weighted by atomic mass is 10.2. The van der Waals surface area contributed by atoms with E-state index in [4.69, 9.17) is 4.74 Å². The first kappa shape index (κ1) is 15.4. The zero-order valence-electron chi connectivity index (χ0n) is 12.6. The summed E-state index contributed by atoms with van der Waals surface area (Å²) >= 11 is 1.53. The fourth-order valence-corrected chi connectivity index (χ4v) is 2.81. The zero-order chi connectivity index (χ0) is 15.9. The summed E-state index contributed by atoms with van der Waals surface area (Å²) in [6.07, 6.45) is 4.57. The number of aryl methyl sites for hydroxylation is 1. The van der Waals surface area contributed by atoms with E-state index in [0.29, 0.717) is 19.4 Å². The minimum Gasteiger partial charge on any atom is -0.457 e. The molecular weight excluding hydrogens is 310 g/mol. The molecule has 118 valence electrons. The molecule has 0 aliphatic heterocycles. The number of imidazole rings is 1. The van der Waals surface area contributed by atoms with E-state index in [1.165, 1.54) is 16.9 Å². The second-order valence-electron chi connectivity index (χ2n) is 5.10. The van der Waals surface area contributed by atoms with Gasteiger partial charge in [0.1, 0.15) is 12.4 Å². The molecule has 3 rings (SSSR count). The molecule has 3 aromatic rings. The van der Waals surface area contributed by atoms with E-state index in [9.17, 15) is 4.79 Å². The van der Waals surface area contributed by atoms with Gasteiger partial charge in [-0.1, -0.05) is 30.3 Å². The number of benzene rings is 1. The first-order valence-corrected chi connectivity index (χ1v) is 8.32. The average Bonchev–Trinajstić information content (AvgIpc) is 3.24. The van der Waals surface area contributed by atoms with Crippen molar-refractivity contribution in [1.82, 2.24) is 14.5 Å². The molecule has 0 unspecified atom stereocenters. The van der Waals surface area contributed by atoms with Gasteiger partial charge in [0, 0.05) is 30.7 Å². The monoisotopic (exact) mass is 327 g/mol. The predicted octanol–water partition coefficient (Wildman–Crippen LogP) is 3.06. The van der Waals surface area contributed by atoms with Crippen LogP contribution in [0.4, 0.5) is 0 Å². The van der Waals surface area contributed by atoms with Crippen LogP contribution in [-0.4, -0.2) is 20.5 Å². The second-order valence-corrected chi connectivity index (χ2v) is 5.82. The molecule has 0 radical (unpaired) electrons. The summed E-state index contributed by atoms with van der Waals surface area (Å²) in [7, 11) is 0. The van der Waals surface area contributed by atoms with Crippen LogP contribution in [0.15, 0.2) is 53.6 Å². The van der Waals surface area contributed by atoms with Crippen LogP contribution in [0.5, 0.6) is 0 Å². The van der Waals surface area contributed by atoms with Crippen LogP contribution in [0.25, 0.3) is 0 Å². The minimum atomic E-state index is -0.229. The molecule has 2 aromatic heterocycles. The van der Waals surface area contributed by atoms with Crippen LogP contribution in [0.2, 0.25) is 0 Å². The molecule has 0 fully saturated rings. The maximum Gasteiger partial charge on any atom is 0.306 e. The smallest absolute Gasteiger partial charge is 0.306 e. The molecule has 0 N–H and O–H groups in total. The molecule has 0 aliphatic carbocycles.